The van der Waals surface area contributed by atoms with Crippen LogP contribution in [0.1, 0.15) is 0 Å². The van der Waals surface area contributed by atoms with Crippen LogP contribution in [0.2, 0.25) is 0 Å². The Bertz CT molecular complexity index is 940. The second kappa shape index (κ2) is 4.49. The Hall–Kier alpha value is -3.08. The van der Waals surface area contributed by atoms with Gasteiger partial charge < -0.3 is 15.5 Å². The lowest BCUT2D eigenvalue weighted by Crippen LogP contribution is -1.91. The van der Waals surface area contributed by atoms with Gasteiger partial charge in [-0.15, -0.1) is 0 Å². The first kappa shape index (κ1) is 11.7. The van der Waals surface area contributed by atoms with E-state index in [9.17, 15) is 0 Å². The number of rotatable bonds is 2. The van der Waals surface area contributed by atoms with Gasteiger partial charge in [0, 0.05) is 29.5 Å². The molecule has 2 heterocycles. The van der Waals surface area contributed by atoms with E-state index in [0.29, 0.717) is 17.3 Å². The van der Waals surface area contributed by atoms with Gasteiger partial charge in [0.05, 0.1) is 5.69 Å². The molecule has 5 nitrogen and oxygen atoms in total. The third kappa shape index (κ3) is 2.04. The quantitative estimate of drug-likeness (QED) is 0.546. The summed E-state index contributed by atoms with van der Waals surface area (Å²) < 4.78 is 5.68. The van der Waals surface area contributed by atoms with Gasteiger partial charge in [0.2, 0.25) is 0 Å². The van der Waals surface area contributed by atoms with Gasteiger partial charge in [-0.3, -0.25) is 4.98 Å². The summed E-state index contributed by atoms with van der Waals surface area (Å²) in [7, 11) is 0. The Morgan fingerprint density at radius 1 is 1.10 bits per heavy atom. The van der Waals surface area contributed by atoms with E-state index in [4.69, 9.17) is 10.2 Å². The molecule has 5 heteroatoms. The zero-order chi connectivity index (χ0) is 14.2. The molecule has 0 saturated carbocycles. The van der Waals surface area contributed by atoms with Crippen molar-refractivity contribution in [3.05, 3.63) is 54.9 Å². The van der Waals surface area contributed by atoms with E-state index >= 15 is 0 Å². The highest BCUT2D eigenvalue weighted by atomic mass is 16.4. The molecule has 2 aromatic carbocycles. The molecule has 0 radical (unpaired) electrons. The Kier molecular flexibility index (Phi) is 2.50. The van der Waals surface area contributed by atoms with E-state index in [1.165, 1.54) is 0 Å². The average Bonchev–Trinajstić information content (AvgIpc) is 2.89. The van der Waals surface area contributed by atoms with Crippen LogP contribution in [0.15, 0.2) is 59.3 Å². The third-order valence-corrected chi connectivity index (χ3v) is 3.34. The van der Waals surface area contributed by atoms with Crippen molar-refractivity contribution in [1.29, 1.82) is 0 Å². The Morgan fingerprint density at radius 2 is 2.05 bits per heavy atom. The van der Waals surface area contributed by atoms with Crippen LogP contribution >= 0.6 is 0 Å². The SMILES string of the molecule is Nc1ccc2nc(Nc3cccc4ccncc34)oc2c1. The highest BCUT2D eigenvalue weighted by molar-refractivity contribution is 5.94. The lowest BCUT2D eigenvalue weighted by Gasteiger charge is -2.05. The fraction of sp³-hybridized carbons (Fsp3) is 0. The number of nitrogens with one attached hydrogen (secondary N) is 1. The molecule has 0 bridgehead atoms. The van der Waals surface area contributed by atoms with E-state index in [1.54, 1.807) is 18.3 Å². The maximum Gasteiger partial charge on any atom is 0.300 e. The molecule has 0 amide bonds. The van der Waals surface area contributed by atoms with Gasteiger partial charge >= 0.3 is 0 Å². The number of hydrogen-bond acceptors (Lipinski definition) is 5. The predicted molar refractivity (Wildman–Crippen MR) is 83.4 cm³/mol. The zero-order valence-electron chi connectivity index (χ0n) is 11.1. The average molecular weight is 276 g/mol. The predicted octanol–water partition coefficient (Wildman–Crippen LogP) is 3.70. The summed E-state index contributed by atoms with van der Waals surface area (Å²) in [4.78, 5) is 8.56. The van der Waals surface area contributed by atoms with Crippen molar-refractivity contribution < 1.29 is 4.42 Å². The molecule has 0 aliphatic carbocycles. The van der Waals surface area contributed by atoms with Gasteiger partial charge in [-0.1, -0.05) is 12.1 Å². The van der Waals surface area contributed by atoms with Gasteiger partial charge in [0.25, 0.3) is 6.01 Å². The van der Waals surface area contributed by atoms with Crippen molar-refractivity contribution in [1.82, 2.24) is 9.97 Å². The number of pyridine rings is 1. The summed E-state index contributed by atoms with van der Waals surface area (Å²) in [5.41, 5.74) is 8.73. The van der Waals surface area contributed by atoms with Crippen LogP contribution in [-0.2, 0) is 0 Å². The summed E-state index contributed by atoms with van der Waals surface area (Å²) in [5.74, 6) is 0. The van der Waals surface area contributed by atoms with Crippen molar-refractivity contribution in [2.75, 3.05) is 11.1 Å². The van der Waals surface area contributed by atoms with Gasteiger partial charge in [-0.05, 0) is 29.7 Å². The van der Waals surface area contributed by atoms with Crippen molar-refractivity contribution in [2.24, 2.45) is 0 Å². The van der Waals surface area contributed by atoms with Gasteiger partial charge in [-0.25, -0.2) is 0 Å². The minimum absolute atomic E-state index is 0.437. The molecule has 0 spiro atoms. The summed E-state index contributed by atoms with van der Waals surface area (Å²) in [6, 6.07) is 13.8. The van der Waals surface area contributed by atoms with E-state index in [-0.39, 0.29) is 0 Å². The molecule has 0 fully saturated rings. The third-order valence-electron chi connectivity index (χ3n) is 3.34. The summed E-state index contributed by atoms with van der Waals surface area (Å²) in [6.07, 6.45) is 3.59. The second-order valence-corrected chi connectivity index (χ2v) is 4.77. The molecule has 4 rings (SSSR count). The molecule has 21 heavy (non-hydrogen) atoms. The number of nitrogens with two attached hydrogens (primary N) is 1. The van der Waals surface area contributed by atoms with E-state index in [2.05, 4.69) is 15.3 Å². The van der Waals surface area contributed by atoms with Crippen LogP contribution in [0.5, 0.6) is 0 Å². The summed E-state index contributed by atoms with van der Waals surface area (Å²) in [5, 5.41) is 5.32. The van der Waals surface area contributed by atoms with Crippen LogP contribution in [0.25, 0.3) is 21.9 Å². The smallest absolute Gasteiger partial charge is 0.300 e. The first-order valence-corrected chi connectivity index (χ1v) is 6.55. The Balaban J connectivity index is 1.79. The number of oxazole rings is 1. The molecule has 2 aromatic heterocycles. The summed E-state index contributed by atoms with van der Waals surface area (Å²) in [6.45, 7) is 0. The van der Waals surface area contributed by atoms with Crippen LogP contribution in [0, 0.1) is 0 Å². The van der Waals surface area contributed by atoms with E-state index in [0.717, 1.165) is 22.0 Å². The van der Waals surface area contributed by atoms with Crippen molar-refractivity contribution in [2.45, 2.75) is 0 Å². The van der Waals surface area contributed by atoms with Gasteiger partial charge in [0.1, 0.15) is 5.52 Å². The summed E-state index contributed by atoms with van der Waals surface area (Å²) >= 11 is 0. The highest BCUT2D eigenvalue weighted by Crippen LogP contribution is 2.27. The van der Waals surface area contributed by atoms with Gasteiger partial charge in [0.15, 0.2) is 5.58 Å². The van der Waals surface area contributed by atoms with Crippen LogP contribution in [0.3, 0.4) is 0 Å². The van der Waals surface area contributed by atoms with Crippen molar-refractivity contribution in [3.8, 4) is 0 Å². The lowest BCUT2D eigenvalue weighted by atomic mass is 10.1. The topological polar surface area (TPSA) is 77.0 Å². The maximum atomic E-state index is 5.74. The van der Waals surface area contributed by atoms with Crippen molar-refractivity contribution >= 4 is 39.3 Å². The number of benzene rings is 2. The van der Waals surface area contributed by atoms with E-state index < -0.39 is 0 Å². The molecule has 4 aromatic rings. The van der Waals surface area contributed by atoms with Crippen LogP contribution < -0.4 is 11.1 Å². The molecule has 0 saturated heterocycles. The number of nitrogen functional groups attached to an aromatic ring is 1. The fourth-order valence-electron chi connectivity index (χ4n) is 2.33. The Morgan fingerprint density at radius 3 is 3.00 bits per heavy atom. The van der Waals surface area contributed by atoms with Crippen molar-refractivity contribution in [3.63, 3.8) is 0 Å². The molecular weight excluding hydrogens is 264 g/mol. The fourth-order valence-corrected chi connectivity index (χ4v) is 2.33. The monoisotopic (exact) mass is 276 g/mol. The molecule has 3 N–H and O–H groups in total. The maximum absolute atomic E-state index is 5.74. The van der Waals surface area contributed by atoms with Crippen LogP contribution in [0.4, 0.5) is 17.4 Å². The zero-order valence-corrected chi connectivity index (χ0v) is 11.1. The number of fused-ring (bicyclic) bond motifs is 2. The number of aromatic nitrogens is 2. The first-order valence-electron chi connectivity index (χ1n) is 6.55. The highest BCUT2D eigenvalue weighted by Gasteiger charge is 2.08. The number of nitrogens with zero attached hydrogens (tertiary/aromatic N) is 2. The second-order valence-electron chi connectivity index (χ2n) is 4.77. The minimum atomic E-state index is 0.437. The largest absolute Gasteiger partial charge is 0.423 e. The van der Waals surface area contributed by atoms with Gasteiger partial charge in [-0.2, -0.15) is 4.98 Å². The molecule has 0 atom stereocenters. The number of anilines is 3. The van der Waals surface area contributed by atoms with Crippen LogP contribution in [-0.4, -0.2) is 9.97 Å². The number of hydrogen-bond donors (Lipinski definition) is 2. The minimum Gasteiger partial charge on any atom is -0.423 e. The Labute approximate surface area is 120 Å². The first-order chi connectivity index (χ1) is 10.3. The molecule has 0 aliphatic heterocycles. The molecular formula is C16H12N4O. The standard InChI is InChI=1S/C16H12N4O/c17-11-4-5-14-15(8-11)21-16(20-14)19-13-3-1-2-10-6-7-18-9-12(10)13/h1-9H,17H2,(H,19,20). The molecule has 0 unspecified atom stereocenters. The molecule has 0 aliphatic rings. The van der Waals surface area contributed by atoms with E-state index in [1.807, 2.05) is 36.5 Å². The normalized spacial score (nSPS) is 11.0. The molecule has 102 valence electrons. The lowest BCUT2D eigenvalue weighted by molar-refractivity contribution is 0.623.